The van der Waals surface area contributed by atoms with Crippen LogP contribution in [0.5, 0.6) is 0 Å². The summed E-state index contributed by atoms with van der Waals surface area (Å²) in [6.45, 7) is 3.62. The molecule has 3 atom stereocenters. The minimum Gasteiger partial charge on any atom is -0.480 e. The maximum atomic E-state index is 13.3. The van der Waals surface area contributed by atoms with Gasteiger partial charge in [0, 0.05) is 6.42 Å². The van der Waals surface area contributed by atoms with Gasteiger partial charge in [-0.15, -0.1) is 0 Å². The molecular weight excluding hydrogens is 422 g/mol. The fourth-order valence-electron chi connectivity index (χ4n) is 3.04. The molecule has 10 heteroatoms. The third-order valence-corrected chi connectivity index (χ3v) is 5.23. The highest BCUT2D eigenvalue weighted by atomic mass is 32.2. The van der Waals surface area contributed by atoms with Gasteiger partial charge in [0.2, 0.25) is 6.41 Å². The van der Waals surface area contributed by atoms with E-state index in [0.29, 0.717) is 12.2 Å². The van der Waals surface area contributed by atoms with Crippen LogP contribution < -0.4 is 10.7 Å². The quantitative estimate of drug-likeness (QED) is 0.231. The topological polar surface area (TPSA) is 136 Å². The van der Waals surface area contributed by atoms with Gasteiger partial charge < -0.3 is 15.5 Å². The second-order valence-electron chi connectivity index (χ2n) is 7.52. The van der Waals surface area contributed by atoms with Gasteiger partial charge in [-0.3, -0.25) is 19.4 Å². The Labute approximate surface area is 186 Å². The Kier molecular flexibility index (Phi) is 11.7. The second kappa shape index (κ2) is 13.7. The van der Waals surface area contributed by atoms with Crippen LogP contribution in [0.2, 0.25) is 0 Å². The zero-order chi connectivity index (χ0) is 23.4. The highest BCUT2D eigenvalue weighted by Gasteiger charge is 2.37. The number of hydrogen-bond acceptors (Lipinski definition) is 6. The summed E-state index contributed by atoms with van der Waals surface area (Å²) in [7, 11) is 0. The fraction of sp³-hybridized carbons (Fsp3) is 0.524. The molecule has 0 spiro atoms. The maximum absolute atomic E-state index is 13.3. The van der Waals surface area contributed by atoms with E-state index in [2.05, 4.69) is 10.7 Å². The van der Waals surface area contributed by atoms with E-state index >= 15 is 0 Å². The standard InChI is InChI=1S/C21H31N3O6S/c1-14(2)11-18(21(29)30)24(19(26)16(22-13-25)9-10-31-3)23-17(20(27)28)12-15-7-5-4-6-8-15/h4-8,13-14,16-18,23H,9-12H2,1-3H3,(H,22,25)(H,27,28)(H,29,30)/t16-,17-,18-/m0/s1. The van der Waals surface area contributed by atoms with Crippen LogP contribution in [-0.2, 0) is 25.6 Å². The van der Waals surface area contributed by atoms with Crippen LogP contribution in [0, 0.1) is 5.92 Å². The number of hydrazine groups is 1. The molecule has 0 aliphatic heterocycles. The summed E-state index contributed by atoms with van der Waals surface area (Å²) in [5.74, 6) is -2.68. The van der Waals surface area contributed by atoms with Crippen LogP contribution in [0.1, 0.15) is 32.3 Å². The third-order valence-electron chi connectivity index (χ3n) is 4.58. The van der Waals surface area contributed by atoms with E-state index in [1.165, 1.54) is 11.8 Å². The SMILES string of the molecule is CSCC[C@H](NC=O)C(=O)N(N[C@@H](Cc1ccccc1)C(=O)O)[C@@H](CC(C)C)C(=O)O. The lowest BCUT2D eigenvalue weighted by molar-refractivity contribution is -0.158. The molecule has 0 saturated heterocycles. The van der Waals surface area contributed by atoms with Crippen LogP contribution in [0.15, 0.2) is 30.3 Å². The van der Waals surface area contributed by atoms with Crippen molar-refractivity contribution in [3.63, 3.8) is 0 Å². The van der Waals surface area contributed by atoms with E-state index < -0.39 is 36.0 Å². The van der Waals surface area contributed by atoms with E-state index in [0.717, 1.165) is 10.6 Å². The summed E-state index contributed by atoms with van der Waals surface area (Å²) in [4.78, 5) is 48.2. The second-order valence-corrected chi connectivity index (χ2v) is 8.51. The first kappa shape index (κ1) is 26.4. The Morgan fingerprint density at radius 2 is 1.74 bits per heavy atom. The van der Waals surface area contributed by atoms with Crippen molar-refractivity contribution >= 4 is 36.0 Å². The number of carboxylic acid groups (broad SMARTS) is 2. The Morgan fingerprint density at radius 1 is 1.10 bits per heavy atom. The molecule has 9 nitrogen and oxygen atoms in total. The molecule has 0 radical (unpaired) electrons. The Morgan fingerprint density at radius 3 is 2.23 bits per heavy atom. The van der Waals surface area contributed by atoms with E-state index in [1.807, 2.05) is 20.1 Å². The van der Waals surface area contributed by atoms with Crippen LogP contribution in [0.4, 0.5) is 0 Å². The first-order chi connectivity index (χ1) is 14.7. The summed E-state index contributed by atoms with van der Waals surface area (Å²) in [5, 5.41) is 22.8. The summed E-state index contributed by atoms with van der Waals surface area (Å²) in [6.07, 6.45) is 2.67. The molecule has 0 bridgehead atoms. The van der Waals surface area contributed by atoms with E-state index in [9.17, 15) is 29.4 Å². The van der Waals surface area contributed by atoms with Gasteiger partial charge in [0.25, 0.3) is 5.91 Å². The number of carbonyl (C=O) groups is 4. The number of nitrogens with one attached hydrogen (secondary N) is 2. The molecule has 2 amide bonds. The zero-order valence-electron chi connectivity index (χ0n) is 18.0. The number of benzene rings is 1. The minimum atomic E-state index is -1.30. The lowest BCUT2D eigenvalue weighted by Crippen LogP contribution is -2.62. The normalized spacial score (nSPS) is 13.8. The summed E-state index contributed by atoms with van der Waals surface area (Å²) < 4.78 is 0. The van der Waals surface area contributed by atoms with Crippen molar-refractivity contribution < 1.29 is 29.4 Å². The maximum Gasteiger partial charge on any atom is 0.328 e. The molecular formula is C21H31N3O6S. The molecule has 0 unspecified atom stereocenters. The molecule has 1 aromatic carbocycles. The molecule has 0 aromatic heterocycles. The van der Waals surface area contributed by atoms with Crippen molar-refractivity contribution in [2.24, 2.45) is 5.92 Å². The molecule has 172 valence electrons. The molecule has 0 aliphatic carbocycles. The molecule has 0 fully saturated rings. The van der Waals surface area contributed by atoms with Crippen LogP contribution in [0.25, 0.3) is 0 Å². The predicted molar refractivity (Wildman–Crippen MR) is 118 cm³/mol. The number of aliphatic carboxylic acids is 2. The minimum absolute atomic E-state index is 0.0462. The van der Waals surface area contributed by atoms with E-state index in [1.54, 1.807) is 30.3 Å². The highest BCUT2D eigenvalue weighted by Crippen LogP contribution is 2.15. The van der Waals surface area contributed by atoms with Crippen molar-refractivity contribution in [2.75, 3.05) is 12.0 Å². The number of thioether (sulfide) groups is 1. The summed E-state index contributed by atoms with van der Waals surface area (Å²) in [6, 6.07) is 5.33. The average molecular weight is 454 g/mol. The molecule has 1 aromatic rings. The van der Waals surface area contributed by atoms with Gasteiger partial charge in [-0.05, 0) is 36.3 Å². The van der Waals surface area contributed by atoms with Gasteiger partial charge in [-0.25, -0.2) is 10.2 Å². The van der Waals surface area contributed by atoms with Gasteiger partial charge in [0.15, 0.2) is 0 Å². The smallest absolute Gasteiger partial charge is 0.328 e. The zero-order valence-corrected chi connectivity index (χ0v) is 18.8. The number of rotatable bonds is 15. The first-order valence-electron chi connectivity index (χ1n) is 9.98. The number of amides is 2. The first-order valence-corrected chi connectivity index (χ1v) is 11.4. The van der Waals surface area contributed by atoms with Crippen molar-refractivity contribution in [1.29, 1.82) is 0 Å². The van der Waals surface area contributed by atoms with Crippen molar-refractivity contribution in [1.82, 2.24) is 15.8 Å². The van der Waals surface area contributed by atoms with Gasteiger partial charge in [0.1, 0.15) is 18.1 Å². The molecule has 0 aliphatic rings. The molecule has 0 heterocycles. The fourth-order valence-corrected chi connectivity index (χ4v) is 3.51. The summed E-state index contributed by atoms with van der Waals surface area (Å²) >= 11 is 1.47. The number of hydrogen-bond donors (Lipinski definition) is 4. The Bertz CT molecular complexity index is 731. The predicted octanol–water partition coefficient (Wildman–Crippen LogP) is 1.38. The van der Waals surface area contributed by atoms with Gasteiger partial charge >= 0.3 is 11.9 Å². The van der Waals surface area contributed by atoms with Crippen LogP contribution in [0.3, 0.4) is 0 Å². The summed E-state index contributed by atoms with van der Waals surface area (Å²) in [5.41, 5.74) is 3.36. The number of carbonyl (C=O) groups excluding carboxylic acids is 2. The Balaban J connectivity index is 3.27. The third kappa shape index (κ3) is 8.97. The van der Waals surface area contributed by atoms with Crippen molar-refractivity contribution in [2.45, 2.75) is 51.2 Å². The lowest BCUT2D eigenvalue weighted by Gasteiger charge is -2.35. The molecule has 31 heavy (non-hydrogen) atoms. The highest BCUT2D eigenvalue weighted by molar-refractivity contribution is 7.98. The van der Waals surface area contributed by atoms with Gasteiger partial charge in [-0.1, -0.05) is 44.2 Å². The Hall–Kier alpha value is -2.59. The monoisotopic (exact) mass is 453 g/mol. The molecule has 0 saturated carbocycles. The molecule has 4 N–H and O–H groups in total. The van der Waals surface area contributed by atoms with Crippen LogP contribution in [-0.4, -0.2) is 69.6 Å². The molecule has 1 rings (SSSR count). The van der Waals surface area contributed by atoms with E-state index in [4.69, 9.17) is 0 Å². The van der Waals surface area contributed by atoms with E-state index in [-0.39, 0.29) is 25.2 Å². The largest absolute Gasteiger partial charge is 0.480 e. The van der Waals surface area contributed by atoms with Crippen LogP contribution >= 0.6 is 11.8 Å². The lowest BCUT2D eigenvalue weighted by atomic mass is 10.0. The number of carboxylic acids is 2. The van der Waals surface area contributed by atoms with Gasteiger partial charge in [0.05, 0.1) is 0 Å². The van der Waals surface area contributed by atoms with Crippen molar-refractivity contribution in [3.05, 3.63) is 35.9 Å². The number of nitrogens with zero attached hydrogens (tertiary/aromatic N) is 1. The van der Waals surface area contributed by atoms with Gasteiger partial charge in [-0.2, -0.15) is 11.8 Å². The average Bonchev–Trinajstić information content (AvgIpc) is 2.72. The van der Waals surface area contributed by atoms with Crippen molar-refractivity contribution in [3.8, 4) is 0 Å².